The van der Waals surface area contributed by atoms with E-state index in [0.29, 0.717) is 17.5 Å². The second-order valence-corrected chi connectivity index (χ2v) is 15.1. The van der Waals surface area contributed by atoms with Crippen molar-refractivity contribution in [3.63, 3.8) is 0 Å². The van der Waals surface area contributed by atoms with Gasteiger partial charge in [-0.2, -0.15) is 0 Å². The average molecular weight is 764 g/mol. The summed E-state index contributed by atoms with van der Waals surface area (Å²) in [7, 11) is 0. The molecule has 1 aromatic heterocycles. The van der Waals surface area contributed by atoms with Gasteiger partial charge >= 0.3 is 0 Å². The highest BCUT2D eigenvalue weighted by Gasteiger charge is 2.19. The van der Waals surface area contributed by atoms with Crippen molar-refractivity contribution in [2.45, 2.75) is 0 Å². The van der Waals surface area contributed by atoms with Crippen LogP contribution in [0.25, 0.3) is 111 Å². The molecule has 280 valence electrons. The first-order valence-corrected chi connectivity index (χ1v) is 20.4. The van der Waals surface area contributed by atoms with Crippen LogP contribution in [0.5, 0.6) is 0 Å². The Morgan fingerprint density at radius 1 is 0.217 bits per heavy atom. The fourth-order valence-electron chi connectivity index (χ4n) is 8.69. The molecule has 0 amide bonds. The first-order valence-electron chi connectivity index (χ1n) is 20.4. The van der Waals surface area contributed by atoms with Crippen LogP contribution in [0.2, 0.25) is 0 Å². The van der Waals surface area contributed by atoms with E-state index >= 15 is 0 Å². The van der Waals surface area contributed by atoms with Gasteiger partial charge in [-0.25, -0.2) is 15.0 Å². The highest BCUT2D eigenvalue weighted by molar-refractivity contribution is 6.27. The molecule has 0 atom stereocenters. The molecule has 11 rings (SSSR count). The van der Waals surface area contributed by atoms with Crippen LogP contribution >= 0.6 is 0 Å². The molecule has 3 nitrogen and oxygen atoms in total. The summed E-state index contributed by atoms with van der Waals surface area (Å²) < 4.78 is 0. The van der Waals surface area contributed by atoms with Crippen molar-refractivity contribution >= 4 is 32.3 Å². The Morgan fingerprint density at radius 2 is 0.633 bits per heavy atom. The SMILES string of the molecule is c1ccc(-c2nc(-c3ccc(-c4ccc(-c5c6ccccc6c(-c6ccccc6)c6ccc7ccccc7c56)cc4)cc3)nc(-c3ccccc3-c3ccccc3)n2)cc1. The Hall–Kier alpha value is -8.01. The molecule has 0 saturated carbocycles. The van der Waals surface area contributed by atoms with Crippen molar-refractivity contribution in [2.75, 3.05) is 0 Å². The minimum absolute atomic E-state index is 0.633. The standard InChI is InChI=1S/C57H37N3/c1-4-16-40(17-5-1)46-23-12-15-27-50(46)57-59-55(44-21-8-3-9-22-44)58-56(60-57)45-34-30-39(31-35-45)38-28-32-43(33-29-38)53-49-26-14-13-25-48(49)52(42-19-6-2-7-20-42)51-37-36-41-18-10-11-24-47(41)54(51)53/h1-37H. The number of fused-ring (bicyclic) bond motifs is 4. The van der Waals surface area contributed by atoms with Crippen molar-refractivity contribution in [1.29, 1.82) is 0 Å². The van der Waals surface area contributed by atoms with Gasteiger partial charge in [0.15, 0.2) is 17.5 Å². The second-order valence-electron chi connectivity index (χ2n) is 15.1. The van der Waals surface area contributed by atoms with Crippen LogP contribution in [-0.2, 0) is 0 Å². The largest absolute Gasteiger partial charge is 0.208 e. The molecule has 0 N–H and O–H groups in total. The molecule has 60 heavy (non-hydrogen) atoms. The van der Waals surface area contributed by atoms with Gasteiger partial charge in [-0.1, -0.05) is 224 Å². The monoisotopic (exact) mass is 763 g/mol. The highest BCUT2D eigenvalue weighted by Crippen LogP contribution is 2.46. The van der Waals surface area contributed by atoms with E-state index in [2.05, 4.69) is 182 Å². The van der Waals surface area contributed by atoms with Crippen molar-refractivity contribution in [3.8, 4) is 78.7 Å². The zero-order valence-corrected chi connectivity index (χ0v) is 32.7. The predicted octanol–water partition coefficient (Wildman–Crippen LogP) is 15.0. The third-order valence-corrected chi connectivity index (χ3v) is 11.5. The Morgan fingerprint density at radius 3 is 1.27 bits per heavy atom. The molecular weight excluding hydrogens is 727 g/mol. The maximum atomic E-state index is 5.11. The van der Waals surface area contributed by atoms with E-state index < -0.39 is 0 Å². The van der Waals surface area contributed by atoms with E-state index in [-0.39, 0.29) is 0 Å². The van der Waals surface area contributed by atoms with Crippen molar-refractivity contribution in [2.24, 2.45) is 0 Å². The number of aromatic nitrogens is 3. The molecule has 11 aromatic rings. The van der Waals surface area contributed by atoms with E-state index in [1.165, 1.54) is 54.6 Å². The zero-order chi connectivity index (χ0) is 39.8. The number of nitrogens with zero attached hydrogens (tertiary/aromatic N) is 3. The van der Waals surface area contributed by atoms with Crippen LogP contribution < -0.4 is 0 Å². The van der Waals surface area contributed by atoms with Crippen LogP contribution in [-0.4, -0.2) is 15.0 Å². The zero-order valence-electron chi connectivity index (χ0n) is 32.7. The predicted molar refractivity (Wildman–Crippen MR) is 250 cm³/mol. The Labute approximate surface area is 349 Å². The third kappa shape index (κ3) is 6.30. The van der Waals surface area contributed by atoms with Gasteiger partial charge in [0.25, 0.3) is 0 Å². The van der Waals surface area contributed by atoms with E-state index in [1.54, 1.807) is 0 Å². The average Bonchev–Trinajstić information content (AvgIpc) is 3.34. The van der Waals surface area contributed by atoms with Gasteiger partial charge in [0.1, 0.15) is 0 Å². The molecule has 0 unspecified atom stereocenters. The fraction of sp³-hybridized carbons (Fsp3) is 0. The minimum atomic E-state index is 0.633. The lowest BCUT2D eigenvalue weighted by molar-refractivity contribution is 1.07. The molecule has 3 heteroatoms. The topological polar surface area (TPSA) is 38.7 Å². The summed E-state index contributed by atoms with van der Waals surface area (Å²) in [5.74, 6) is 1.92. The number of hydrogen-bond acceptors (Lipinski definition) is 3. The van der Waals surface area contributed by atoms with Crippen LogP contribution in [0.1, 0.15) is 0 Å². The summed E-state index contributed by atoms with van der Waals surface area (Å²) >= 11 is 0. The molecule has 0 spiro atoms. The molecule has 0 fully saturated rings. The summed E-state index contributed by atoms with van der Waals surface area (Å²) in [4.78, 5) is 15.2. The van der Waals surface area contributed by atoms with E-state index in [4.69, 9.17) is 15.0 Å². The van der Waals surface area contributed by atoms with Gasteiger partial charge in [0.2, 0.25) is 0 Å². The smallest absolute Gasteiger partial charge is 0.164 e. The summed E-state index contributed by atoms with van der Waals surface area (Å²) in [5, 5.41) is 7.53. The molecule has 0 radical (unpaired) electrons. The summed E-state index contributed by atoms with van der Waals surface area (Å²) in [6, 6.07) is 79.5. The van der Waals surface area contributed by atoms with E-state index in [9.17, 15) is 0 Å². The normalized spacial score (nSPS) is 11.3. The molecule has 0 aliphatic carbocycles. The molecule has 10 aromatic carbocycles. The third-order valence-electron chi connectivity index (χ3n) is 11.5. The van der Waals surface area contributed by atoms with Gasteiger partial charge in [-0.3, -0.25) is 0 Å². The first-order chi connectivity index (χ1) is 29.8. The highest BCUT2D eigenvalue weighted by atomic mass is 15.0. The number of hydrogen-bond donors (Lipinski definition) is 0. The van der Waals surface area contributed by atoms with Gasteiger partial charge in [0.05, 0.1) is 0 Å². The lowest BCUT2D eigenvalue weighted by atomic mass is 9.84. The summed E-state index contributed by atoms with van der Waals surface area (Å²) in [6.45, 7) is 0. The van der Waals surface area contributed by atoms with Crippen molar-refractivity contribution in [1.82, 2.24) is 15.0 Å². The van der Waals surface area contributed by atoms with Crippen LogP contribution in [0, 0.1) is 0 Å². The minimum Gasteiger partial charge on any atom is -0.208 e. The Bertz CT molecular complexity index is 3320. The van der Waals surface area contributed by atoms with Crippen molar-refractivity contribution < 1.29 is 0 Å². The first kappa shape index (κ1) is 35.2. The molecule has 0 aliphatic heterocycles. The molecular formula is C57H37N3. The molecule has 1 heterocycles. The molecule has 0 saturated heterocycles. The fourth-order valence-corrected chi connectivity index (χ4v) is 8.69. The van der Waals surface area contributed by atoms with Crippen LogP contribution in [0.3, 0.4) is 0 Å². The maximum Gasteiger partial charge on any atom is 0.164 e. The van der Waals surface area contributed by atoms with Gasteiger partial charge < -0.3 is 0 Å². The van der Waals surface area contributed by atoms with Crippen LogP contribution in [0.15, 0.2) is 224 Å². The second kappa shape index (κ2) is 15.1. The Balaban J connectivity index is 1.00. The summed E-state index contributed by atoms with van der Waals surface area (Å²) in [5.41, 5.74) is 12.2. The number of rotatable bonds is 7. The van der Waals surface area contributed by atoms with Gasteiger partial charge in [-0.05, 0) is 76.8 Å². The van der Waals surface area contributed by atoms with Crippen molar-refractivity contribution in [3.05, 3.63) is 224 Å². The quantitative estimate of drug-likeness (QED) is 0.120. The van der Waals surface area contributed by atoms with Crippen LogP contribution in [0.4, 0.5) is 0 Å². The Kier molecular flexibility index (Phi) is 8.83. The lowest BCUT2D eigenvalue weighted by Gasteiger charge is -2.19. The molecule has 0 bridgehead atoms. The molecule has 0 aliphatic rings. The summed E-state index contributed by atoms with van der Waals surface area (Å²) in [6.07, 6.45) is 0. The van der Waals surface area contributed by atoms with Gasteiger partial charge in [0, 0.05) is 16.7 Å². The van der Waals surface area contributed by atoms with E-state index in [1.807, 2.05) is 42.5 Å². The van der Waals surface area contributed by atoms with E-state index in [0.717, 1.165) is 38.9 Å². The maximum absolute atomic E-state index is 5.11. The van der Waals surface area contributed by atoms with Gasteiger partial charge in [-0.15, -0.1) is 0 Å². The lowest BCUT2D eigenvalue weighted by Crippen LogP contribution is -2.01. The number of benzene rings is 10.